The topological polar surface area (TPSA) is 40.9 Å². The lowest BCUT2D eigenvalue weighted by Crippen LogP contribution is -2.29. The van der Waals surface area contributed by atoms with E-state index in [2.05, 4.69) is 6.92 Å². The molecule has 1 aliphatic rings. The lowest BCUT2D eigenvalue weighted by molar-refractivity contribution is -0.125. The minimum absolute atomic E-state index is 0.112. The molecule has 0 saturated heterocycles. The highest BCUT2D eigenvalue weighted by Gasteiger charge is 2.32. The molecule has 0 aliphatic heterocycles. The summed E-state index contributed by atoms with van der Waals surface area (Å²) in [6, 6.07) is 1.90. The SMILES string of the molecule is CCC1CC(C(=O)CC#N)C1. The molecule has 0 heterocycles. The van der Waals surface area contributed by atoms with Gasteiger partial charge in [0.15, 0.2) is 0 Å². The molecule has 1 saturated carbocycles. The second-order valence-electron chi connectivity index (χ2n) is 3.24. The van der Waals surface area contributed by atoms with Crippen molar-refractivity contribution < 1.29 is 4.79 Å². The van der Waals surface area contributed by atoms with Crippen LogP contribution in [-0.2, 0) is 4.79 Å². The van der Waals surface area contributed by atoms with E-state index in [0.717, 1.165) is 18.8 Å². The Hall–Kier alpha value is -0.840. The Morgan fingerprint density at radius 3 is 2.73 bits per heavy atom. The van der Waals surface area contributed by atoms with E-state index in [-0.39, 0.29) is 18.1 Å². The van der Waals surface area contributed by atoms with Gasteiger partial charge in [-0.1, -0.05) is 13.3 Å². The normalized spacial score (nSPS) is 28.7. The van der Waals surface area contributed by atoms with E-state index >= 15 is 0 Å². The molecule has 0 aromatic carbocycles. The molecule has 11 heavy (non-hydrogen) atoms. The van der Waals surface area contributed by atoms with Crippen LogP contribution in [0.5, 0.6) is 0 Å². The fraction of sp³-hybridized carbons (Fsp3) is 0.778. The van der Waals surface area contributed by atoms with Crippen LogP contribution in [-0.4, -0.2) is 5.78 Å². The van der Waals surface area contributed by atoms with Gasteiger partial charge in [0, 0.05) is 5.92 Å². The van der Waals surface area contributed by atoms with Gasteiger partial charge < -0.3 is 0 Å². The second kappa shape index (κ2) is 3.52. The van der Waals surface area contributed by atoms with E-state index < -0.39 is 0 Å². The molecule has 0 amide bonds. The summed E-state index contributed by atoms with van der Waals surface area (Å²) in [7, 11) is 0. The van der Waals surface area contributed by atoms with Gasteiger partial charge in [0.1, 0.15) is 5.78 Å². The van der Waals surface area contributed by atoms with Crippen molar-refractivity contribution in [1.82, 2.24) is 0 Å². The zero-order valence-electron chi connectivity index (χ0n) is 6.84. The van der Waals surface area contributed by atoms with E-state index in [1.54, 1.807) is 0 Å². The van der Waals surface area contributed by atoms with Crippen molar-refractivity contribution in [2.24, 2.45) is 11.8 Å². The largest absolute Gasteiger partial charge is 0.298 e. The summed E-state index contributed by atoms with van der Waals surface area (Å²) in [5.41, 5.74) is 0. The number of carbonyl (C=O) groups is 1. The third-order valence-corrected chi connectivity index (χ3v) is 2.52. The highest BCUT2D eigenvalue weighted by atomic mass is 16.1. The molecule has 2 heteroatoms. The quantitative estimate of drug-likeness (QED) is 0.618. The molecule has 0 aromatic rings. The Morgan fingerprint density at radius 1 is 1.64 bits per heavy atom. The number of Topliss-reactive ketones (excluding diaryl/α,β-unsaturated/α-hetero) is 1. The minimum Gasteiger partial charge on any atom is -0.298 e. The van der Waals surface area contributed by atoms with Gasteiger partial charge >= 0.3 is 0 Å². The molecule has 60 valence electrons. The van der Waals surface area contributed by atoms with Gasteiger partial charge in [0.05, 0.1) is 12.5 Å². The van der Waals surface area contributed by atoms with Crippen LogP contribution in [0.25, 0.3) is 0 Å². The first kappa shape index (κ1) is 8.26. The molecule has 0 atom stereocenters. The number of nitrogens with zero attached hydrogens (tertiary/aromatic N) is 1. The summed E-state index contributed by atoms with van der Waals surface area (Å²) in [5.74, 6) is 1.12. The summed E-state index contributed by atoms with van der Waals surface area (Å²) >= 11 is 0. The Labute approximate surface area is 67.2 Å². The maximum absolute atomic E-state index is 11.1. The molecule has 0 unspecified atom stereocenters. The van der Waals surface area contributed by atoms with Gasteiger partial charge in [-0.15, -0.1) is 0 Å². The van der Waals surface area contributed by atoms with Crippen molar-refractivity contribution in [1.29, 1.82) is 5.26 Å². The third-order valence-electron chi connectivity index (χ3n) is 2.52. The first-order valence-electron chi connectivity index (χ1n) is 4.17. The van der Waals surface area contributed by atoms with Crippen LogP contribution in [0.15, 0.2) is 0 Å². The van der Waals surface area contributed by atoms with Gasteiger partial charge in [-0.05, 0) is 18.8 Å². The predicted molar refractivity (Wildman–Crippen MR) is 41.7 cm³/mol. The molecule has 0 radical (unpaired) electrons. The lowest BCUT2D eigenvalue weighted by atomic mass is 9.71. The highest BCUT2D eigenvalue weighted by Crippen LogP contribution is 2.36. The summed E-state index contributed by atoms with van der Waals surface area (Å²) in [6.07, 6.45) is 3.34. The molecule has 2 nitrogen and oxygen atoms in total. The molecule has 1 rings (SSSR count). The fourth-order valence-corrected chi connectivity index (χ4v) is 1.55. The number of rotatable bonds is 3. The number of hydrogen-bond donors (Lipinski definition) is 0. The van der Waals surface area contributed by atoms with Crippen LogP contribution in [0.3, 0.4) is 0 Å². The zero-order valence-corrected chi connectivity index (χ0v) is 6.84. The number of ketones is 1. The number of nitriles is 1. The van der Waals surface area contributed by atoms with Gasteiger partial charge in [-0.3, -0.25) is 4.79 Å². The van der Waals surface area contributed by atoms with Crippen LogP contribution >= 0.6 is 0 Å². The minimum atomic E-state index is 0.112. The van der Waals surface area contributed by atoms with Crippen LogP contribution in [0.2, 0.25) is 0 Å². The van der Waals surface area contributed by atoms with E-state index in [1.165, 1.54) is 6.42 Å². The summed E-state index contributed by atoms with van der Waals surface area (Å²) in [5, 5.41) is 8.26. The first-order chi connectivity index (χ1) is 5.27. The molecule has 1 fully saturated rings. The monoisotopic (exact) mass is 151 g/mol. The van der Waals surface area contributed by atoms with Crippen molar-refractivity contribution in [3.8, 4) is 6.07 Å². The average molecular weight is 151 g/mol. The number of hydrogen-bond acceptors (Lipinski definition) is 2. The van der Waals surface area contributed by atoms with Crippen LogP contribution in [0.1, 0.15) is 32.6 Å². The predicted octanol–water partition coefficient (Wildman–Crippen LogP) is 1.91. The Bertz CT molecular complexity index is 186. The van der Waals surface area contributed by atoms with Gasteiger partial charge in [0.2, 0.25) is 0 Å². The Kier molecular flexibility index (Phi) is 2.64. The van der Waals surface area contributed by atoms with Crippen LogP contribution in [0, 0.1) is 23.2 Å². The fourth-order valence-electron chi connectivity index (χ4n) is 1.55. The van der Waals surface area contributed by atoms with E-state index in [0.29, 0.717) is 0 Å². The molecular weight excluding hydrogens is 138 g/mol. The van der Waals surface area contributed by atoms with Crippen LogP contribution in [0.4, 0.5) is 0 Å². The smallest absolute Gasteiger partial charge is 0.149 e. The van der Waals surface area contributed by atoms with E-state index in [1.807, 2.05) is 6.07 Å². The Morgan fingerprint density at radius 2 is 2.27 bits per heavy atom. The molecule has 0 aromatic heterocycles. The molecule has 1 aliphatic carbocycles. The van der Waals surface area contributed by atoms with Gasteiger partial charge in [-0.2, -0.15) is 5.26 Å². The van der Waals surface area contributed by atoms with Gasteiger partial charge in [0.25, 0.3) is 0 Å². The summed E-state index contributed by atoms with van der Waals surface area (Å²) < 4.78 is 0. The molecular formula is C9H13NO. The van der Waals surface area contributed by atoms with Crippen molar-refractivity contribution in [2.45, 2.75) is 32.6 Å². The van der Waals surface area contributed by atoms with E-state index in [9.17, 15) is 4.79 Å². The summed E-state index contributed by atoms with van der Waals surface area (Å²) in [6.45, 7) is 2.15. The van der Waals surface area contributed by atoms with Crippen molar-refractivity contribution >= 4 is 5.78 Å². The maximum atomic E-state index is 11.1. The second-order valence-corrected chi connectivity index (χ2v) is 3.24. The Balaban J connectivity index is 2.22. The zero-order chi connectivity index (χ0) is 8.27. The van der Waals surface area contributed by atoms with Crippen LogP contribution < -0.4 is 0 Å². The van der Waals surface area contributed by atoms with Gasteiger partial charge in [-0.25, -0.2) is 0 Å². The standard InChI is InChI=1S/C9H13NO/c1-2-7-5-8(6-7)9(11)3-4-10/h7-8H,2-3,5-6H2,1H3. The van der Waals surface area contributed by atoms with Crippen molar-refractivity contribution in [2.75, 3.05) is 0 Å². The third kappa shape index (κ3) is 1.80. The van der Waals surface area contributed by atoms with Crippen molar-refractivity contribution in [3.05, 3.63) is 0 Å². The molecule has 0 spiro atoms. The molecule has 0 N–H and O–H groups in total. The molecule has 0 bridgehead atoms. The first-order valence-corrected chi connectivity index (χ1v) is 4.17. The lowest BCUT2D eigenvalue weighted by Gasteiger charge is -2.32. The maximum Gasteiger partial charge on any atom is 0.149 e. The van der Waals surface area contributed by atoms with Crippen molar-refractivity contribution in [3.63, 3.8) is 0 Å². The summed E-state index contributed by atoms with van der Waals surface area (Å²) in [4.78, 5) is 11.1. The number of carbonyl (C=O) groups excluding carboxylic acids is 1. The highest BCUT2D eigenvalue weighted by molar-refractivity contribution is 5.83. The average Bonchev–Trinajstić information content (AvgIpc) is 1.86. The van der Waals surface area contributed by atoms with E-state index in [4.69, 9.17) is 5.26 Å².